The van der Waals surface area contributed by atoms with Crippen LogP contribution in [0.2, 0.25) is 15.1 Å². The van der Waals surface area contributed by atoms with Crippen LogP contribution in [0.5, 0.6) is 5.75 Å². The third-order valence-corrected chi connectivity index (χ3v) is 3.86. The van der Waals surface area contributed by atoms with E-state index in [-0.39, 0.29) is 26.2 Å². The molecule has 0 fully saturated rings. The van der Waals surface area contributed by atoms with Gasteiger partial charge in [0.1, 0.15) is 5.75 Å². The molecule has 9 heteroatoms. The van der Waals surface area contributed by atoms with Gasteiger partial charge in [-0.05, 0) is 30.3 Å². The average Bonchev–Trinajstić information content (AvgIpc) is 2.41. The van der Waals surface area contributed by atoms with E-state index in [2.05, 4.69) is 4.74 Å². The molecule has 2 aromatic carbocycles. The molecule has 0 unspecified atom stereocenters. The lowest BCUT2D eigenvalue weighted by atomic mass is 10.0. The first-order valence-corrected chi connectivity index (χ1v) is 7.04. The zero-order valence-electron chi connectivity index (χ0n) is 10.9. The Balaban J connectivity index is 2.69. The van der Waals surface area contributed by atoms with Crippen LogP contribution in [0.4, 0.5) is 22.0 Å². The highest BCUT2D eigenvalue weighted by Crippen LogP contribution is 2.42. The van der Waals surface area contributed by atoms with E-state index in [1.165, 1.54) is 12.1 Å². The van der Waals surface area contributed by atoms with Crippen LogP contribution in [0.3, 0.4) is 0 Å². The van der Waals surface area contributed by atoms with Gasteiger partial charge in [-0.25, -0.2) is 0 Å². The lowest BCUT2D eigenvalue weighted by Crippen LogP contribution is -2.07. The second-order valence-corrected chi connectivity index (χ2v) is 5.55. The van der Waals surface area contributed by atoms with Crippen LogP contribution in [0.1, 0.15) is 5.56 Å². The summed E-state index contributed by atoms with van der Waals surface area (Å²) in [5.41, 5.74) is -1.33. The van der Waals surface area contributed by atoms with Crippen molar-refractivity contribution in [3.63, 3.8) is 0 Å². The second-order valence-electron chi connectivity index (χ2n) is 4.33. The first kappa shape index (κ1) is 18.1. The van der Waals surface area contributed by atoms with E-state index in [1.54, 1.807) is 0 Å². The molecule has 0 saturated carbocycles. The van der Waals surface area contributed by atoms with Crippen molar-refractivity contribution in [2.45, 2.75) is 12.8 Å². The maximum absolute atomic E-state index is 12.9. The van der Waals surface area contributed by atoms with Crippen molar-refractivity contribution >= 4 is 34.8 Å². The minimum atomic E-state index is -4.67. The Bertz CT molecular complexity index is 731. The summed E-state index contributed by atoms with van der Waals surface area (Å²) in [6.07, 6.45) is -4.67. The van der Waals surface area contributed by atoms with Gasteiger partial charge in [-0.15, -0.1) is 0 Å². The van der Waals surface area contributed by atoms with Crippen molar-refractivity contribution in [1.29, 1.82) is 0 Å². The molecule has 2 aromatic rings. The molecule has 0 atom stereocenters. The van der Waals surface area contributed by atoms with Crippen molar-refractivity contribution in [3.8, 4) is 16.9 Å². The Morgan fingerprint density at radius 2 is 1.43 bits per heavy atom. The van der Waals surface area contributed by atoms with Crippen molar-refractivity contribution in [2.75, 3.05) is 0 Å². The van der Waals surface area contributed by atoms with Gasteiger partial charge < -0.3 is 4.74 Å². The molecule has 0 aliphatic rings. The van der Waals surface area contributed by atoms with Crippen LogP contribution in [0.25, 0.3) is 11.1 Å². The summed E-state index contributed by atoms with van der Waals surface area (Å²) in [6, 6.07) is 4.46. The summed E-state index contributed by atoms with van der Waals surface area (Å²) >= 11 is 17.5. The van der Waals surface area contributed by atoms with Gasteiger partial charge in [0.2, 0.25) is 0 Å². The number of halogens is 8. The summed E-state index contributed by atoms with van der Waals surface area (Å²) in [4.78, 5) is 0. The Kier molecular flexibility index (Phi) is 5.28. The highest BCUT2D eigenvalue weighted by atomic mass is 35.5. The molecule has 23 heavy (non-hydrogen) atoms. The molecule has 0 aromatic heterocycles. The fourth-order valence-electron chi connectivity index (χ4n) is 1.84. The minimum Gasteiger partial charge on any atom is -0.434 e. The zero-order chi connectivity index (χ0) is 17.4. The number of benzene rings is 2. The summed E-state index contributed by atoms with van der Waals surface area (Å²) in [5, 5.41) is 0.0213. The first-order valence-electron chi connectivity index (χ1n) is 5.90. The smallest absolute Gasteiger partial charge is 0.416 e. The lowest BCUT2D eigenvalue weighted by molar-refractivity contribution is -0.137. The number of hydrogen-bond donors (Lipinski definition) is 0. The van der Waals surface area contributed by atoms with E-state index >= 15 is 0 Å². The topological polar surface area (TPSA) is 9.23 Å². The molecular weight excluding hydrogens is 386 g/mol. The molecule has 0 saturated heterocycles. The minimum absolute atomic E-state index is 0.00600. The van der Waals surface area contributed by atoms with Gasteiger partial charge in [0, 0.05) is 11.1 Å². The van der Waals surface area contributed by atoms with E-state index in [1.807, 2.05) is 0 Å². The molecule has 124 valence electrons. The highest BCUT2D eigenvalue weighted by Gasteiger charge is 2.32. The Morgan fingerprint density at radius 1 is 0.826 bits per heavy atom. The van der Waals surface area contributed by atoms with Gasteiger partial charge in [0.25, 0.3) is 0 Å². The molecule has 0 N–H and O–H groups in total. The van der Waals surface area contributed by atoms with E-state index in [9.17, 15) is 22.0 Å². The van der Waals surface area contributed by atoms with E-state index in [0.717, 1.165) is 6.07 Å². The standard InChI is InChI=1S/C14H6Cl3F5O/c15-9-5-11(17)10(16)4-7(9)8-3-6(14(20,21)22)1-2-12(8)23-13(18)19/h1-5,13H. The van der Waals surface area contributed by atoms with E-state index in [4.69, 9.17) is 34.8 Å². The molecular formula is C14H6Cl3F5O. The van der Waals surface area contributed by atoms with Crippen LogP contribution in [-0.4, -0.2) is 6.61 Å². The van der Waals surface area contributed by atoms with Crippen LogP contribution in [0.15, 0.2) is 30.3 Å². The molecule has 0 spiro atoms. The van der Waals surface area contributed by atoms with Crippen molar-refractivity contribution in [1.82, 2.24) is 0 Å². The monoisotopic (exact) mass is 390 g/mol. The molecule has 0 aliphatic carbocycles. The van der Waals surface area contributed by atoms with E-state index < -0.39 is 24.1 Å². The molecule has 0 aliphatic heterocycles. The Labute approximate surface area is 142 Å². The molecule has 0 amide bonds. The van der Waals surface area contributed by atoms with Crippen molar-refractivity contribution < 1.29 is 26.7 Å². The van der Waals surface area contributed by atoms with Gasteiger partial charge >= 0.3 is 12.8 Å². The van der Waals surface area contributed by atoms with Gasteiger partial charge in [-0.1, -0.05) is 34.8 Å². The zero-order valence-corrected chi connectivity index (χ0v) is 13.2. The quantitative estimate of drug-likeness (QED) is 0.407. The van der Waals surface area contributed by atoms with Crippen molar-refractivity contribution in [3.05, 3.63) is 51.0 Å². The first-order chi connectivity index (χ1) is 10.6. The summed E-state index contributed by atoms with van der Waals surface area (Å²) in [6.45, 7) is -3.22. The molecule has 0 heterocycles. The number of alkyl halides is 5. The van der Waals surface area contributed by atoms with Crippen LogP contribution in [0, 0.1) is 0 Å². The predicted molar refractivity (Wildman–Crippen MR) is 78.5 cm³/mol. The molecule has 1 nitrogen and oxygen atoms in total. The molecule has 2 rings (SSSR count). The average molecular weight is 392 g/mol. The molecule has 0 bridgehead atoms. The highest BCUT2D eigenvalue weighted by molar-refractivity contribution is 6.44. The third-order valence-electron chi connectivity index (χ3n) is 2.82. The third kappa shape index (κ3) is 4.19. The van der Waals surface area contributed by atoms with E-state index in [0.29, 0.717) is 12.1 Å². The van der Waals surface area contributed by atoms with Crippen LogP contribution >= 0.6 is 34.8 Å². The number of rotatable bonds is 3. The van der Waals surface area contributed by atoms with Gasteiger partial charge in [0.05, 0.1) is 20.6 Å². The lowest BCUT2D eigenvalue weighted by Gasteiger charge is -2.15. The Morgan fingerprint density at radius 3 is 2.00 bits per heavy atom. The van der Waals surface area contributed by atoms with Gasteiger partial charge in [0.15, 0.2) is 0 Å². The number of hydrogen-bond acceptors (Lipinski definition) is 1. The van der Waals surface area contributed by atoms with Gasteiger partial charge in [-0.2, -0.15) is 22.0 Å². The maximum Gasteiger partial charge on any atom is 0.416 e. The second kappa shape index (κ2) is 6.71. The normalized spacial score (nSPS) is 11.9. The SMILES string of the molecule is FC(F)Oc1ccc(C(F)(F)F)cc1-c1cc(Cl)c(Cl)cc1Cl. The fourth-order valence-corrected chi connectivity index (χ4v) is 2.49. The van der Waals surface area contributed by atoms with Gasteiger partial charge in [-0.3, -0.25) is 0 Å². The molecule has 0 radical (unpaired) electrons. The Hall–Kier alpha value is -1.24. The summed E-state index contributed by atoms with van der Waals surface area (Å²) in [7, 11) is 0. The predicted octanol–water partition coefficient (Wildman–Crippen LogP) is 6.93. The summed E-state index contributed by atoms with van der Waals surface area (Å²) in [5.74, 6) is -0.465. The largest absolute Gasteiger partial charge is 0.434 e. The van der Waals surface area contributed by atoms with Crippen LogP contribution < -0.4 is 4.74 Å². The fraction of sp³-hybridized carbons (Fsp3) is 0.143. The maximum atomic E-state index is 12.9. The summed E-state index contributed by atoms with van der Waals surface area (Å²) < 4.78 is 67.8. The van der Waals surface area contributed by atoms with Crippen molar-refractivity contribution in [2.24, 2.45) is 0 Å². The van der Waals surface area contributed by atoms with Crippen LogP contribution in [-0.2, 0) is 6.18 Å². The number of ether oxygens (including phenoxy) is 1.